The van der Waals surface area contributed by atoms with Gasteiger partial charge in [-0.2, -0.15) is 5.10 Å². The second kappa shape index (κ2) is 3.97. The van der Waals surface area contributed by atoms with E-state index >= 15 is 0 Å². The second-order valence-corrected chi connectivity index (χ2v) is 5.93. The lowest BCUT2D eigenvalue weighted by Crippen LogP contribution is -2.37. The van der Waals surface area contributed by atoms with Gasteiger partial charge in [-0.15, -0.1) is 0 Å². The van der Waals surface area contributed by atoms with Crippen molar-refractivity contribution in [1.82, 2.24) is 10.2 Å². The Morgan fingerprint density at radius 2 is 2.00 bits per heavy atom. The SMILES string of the molecule is Cc1c(C=O)n[nH]c1C1CC2(CCCCC2)C1. The number of hydrogen-bond acceptors (Lipinski definition) is 2. The van der Waals surface area contributed by atoms with Gasteiger partial charge in [0, 0.05) is 17.2 Å². The average molecular weight is 232 g/mol. The van der Waals surface area contributed by atoms with Crippen LogP contribution in [0.15, 0.2) is 0 Å². The van der Waals surface area contributed by atoms with Gasteiger partial charge in [-0.1, -0.05) is 19.3 Å². The first-order valence-corrected chi connectivity index (χ1v) is 6.74. The van der Waals surface area contributed by atoms with E-state index < -0.39 is 0 Å². The summed E-state index contributed by atoms with van der Waals surface area (Å²) in [5, 5.41) is 7.15. The third kappa shape index (κ3) is 1.72. The molecule has 2 saturated carbocycles. The van der Waals surface area contributed by atoms with E-state index in [4.69, 9.17) is 0 Å². The summed E-state index contributed by atoms with van der Waals surface area (Å²) in [5.74, 6) is 0.620. The second-order valence-electron chi connectivity index (χ2n) is 5.93. The number of hydrogen-bond donors (Lipinski definition) is 1. The minimum Gasteiger partial charge on any atom is -0.296 e. The van der Waals surface area contributed by atoms with E-state index in [0.29, 0.717) is 17.0 Å². The van der Waals surface area contributed by atoms with Crippen molar-refractivity contribution < 1.29 is 4.79 Å². The molecule has 0 bridgehead atoms. The van der Waals surface area contributed by atoms with Gasteiger partial charge in [-0.05, 0) is 38.0 Å². The Balaban J connectivity index is 1.72. The molecule has 1 spiro atoms. The van der Waals surface area contributed by atoms with Crippen LogP contribution in [0, 0.1) is 12.3 Å². The number of aromatic amines is 1. The predicted octanol–water partition coefficient (Wildman–Crippen LogP) is 3.36. The molecule has 1 aromatic rings. The fraction of sp³-hybridized carbons (Fsp3) is 0.714. The molecule has 2 aliphatic rings. The first-order chi connectivity index (χ1) is 8.24. The van der Waals surface area contributed by atoms with Crippen LogP contribution in [0.25, 0.3) is 0 Å². The maximum absolute atomic E-state index is 10.8. The Hall–Kier alpha value is -1.12. The Bertz CT molecular complexity index is 421. The van der Waals surface area contributed by atoms with Gasteiger partial charge < -0.3 is 0 Å². The van der Waals surface area contributed by atoms with Gasteiger partial charge in [0.05, 0.1) is 0 Å². The summed E-state index contributed by atoms with van der Waals surface area (Å²) in [5.41, 5.74) is 3.51. The molecular formula is C14H20N2O. The van der Waals surface area contributed by atoms with Crippen molar-refractivity contribution in [3.05, 3.63) is 17.0 Å². The van der Waals surface area contributed by atoms with Gasteiger partial charge in [-0.25, -0.2) is 0 Å². The molecule has 1 heterocycles. The predicted molar refractivity (Wildman–Crippen MR) is 66.2 cm³/mol. The van der Waals surface area contributed by atoms with E-state index in [-0.39, 0.29) is 0 Å². The smallest absolute Gasteiger partial charge is 0.170 e. The Kier molecular flexibility index (Phi) is 2.57. The van der Waals surface area contributed by atoms with Gasteiger partial charge in [0.25, 0.3) is 0 Å². The summed E-state index contributed by atoms with van der Waals surface area (Å²) in [4.78, 5) is 10.8. The van der Waals surface area contributed by atoms with Crippen LogP contribution in [0.1, 0.15) is 72.6 Å². The number of nitrogens with zero attached hydrogens (tertiary/aromatic N) is 1. The highest BCUT2D eigenvalue weighted by Gasteiger charge is 2.45. The van der Waals surface area contributed by atoms with Crippen LogP contribution in [-0.2, 0) is 0 Å². The molecule has 3 nitrogen and oxygen atoms in total. The third-order valence-corrected chi connectivity index (χ3v) is 4.88. The van der Waals surface area contributed by atoms with Crippen LogP contribution in [0.4, 0.5) is 0 Å². The molecule has 3 heteroatoms. The topological polar surface area (TPSA) is 45.8 Å². The number of aldehydes is 1. The molecular weight excluding hydrogens is 212 g/mol. The summed E-state index contributed by atoms with van der Waals surface area (Å²) in [6.45, 7) is 2.01. The lowest BCUT2D eigenvalue weighted by Gasteiger charge is -2.50. The molecule has 0 saturated heterocycles. The van der Waals surface area contributed by atoms with Crippen LogP contribution in [0.5, 0.6) is 0 Å². The summed E-state index contributed by atoms with van der Waals surface area (Å²) in [6.07, 6.45) is 10.5. The number of H-pyrrole nitrogens is 1. The molecule has 2 aliphatic carbocycles. The van der Waals surface area contributed by atoms with Gasteiger partial charge in [0.1, 0.15) is 5.69 Å². The number of carbonyl (C=O) groups is 1. The van der Waals surface area contributed by atoms with Crippen LogP contribution in [0.2, 0.25) is 0 Å². The summed E-state index contributed by atoms with van der Waals surface area (Å²) >= 11 is 0. The molecule has 0 aliphatic heterocycles. The number of nitrogens with one attached hydrogen (secondary N) is 1. The number of rotatable bonds is 2. The van der Waals surface area contributed by atoms with E-state index in [2.05, 4.69) is 10.2 Å². The Labute approximate surface area is 102 Å². The van der Waals surface area contributed by atoms with Crippen molar-refractivity contribution in [2.75, 3.05) is 0 Å². The highest BCUT2D eigenvalue weighted by Crippen LogP contribution is 2.58. The van der Waals surface area contributed by atoms with E-state index in [9.17, 15) is 4.79 Å². The molecule has 0 unspecified atom stereocenters. The van der Waals surface area contributed by atoms with Crippen molar-refractivity contribution in [3.63, 3.8) is 0 Å². The van der Waals surface area contributed by atoms with Crippen LogP contribution in [-0.4, -0.2) is 16.5 Å². The largest absolute Gasteiger partial charge is 0.296 e. The first kappa shape index (κ1) is 11.0. The molecule has 17 heavy (non-hydrogen) atoms. The molecule has 0 atom stereocenters. The standard InChI is InChI=1S/C14H20N2O/c1-10-12(9-17)15-16-13(10)11-7-14(8-11)5-3-2-4-6-14/h9,11H,2-8H2,1H3,(H,15,16). The number of carbonyl (C=O) groups excluding carboxylic acids is 1. The highest BCUT2D eigenvalue weighted by molar-refractivity contribution is 5.74. The van der Waals surface area contributed by atoms with Crippen LogP contribution >= 0.6 is 0 Å². The van der Waals surface area contributed by atoms with Crippen LogP contribution < -0.4 is 0 Å². The molecule has 1 N–H and O–H groups in total. The number of aromatic nitrogens is 2. The summed E-state index contributed by atoms with van der Waals surface area (Å²) in [6, 6.07) is 0. The zero-order valence-electron chi connectivity index (χ0n) is 10.5. The maximum atomic E-state index is 10.8. The molecule has 0 aromatic carbocycles. The van der Waals surface area contributed by atoms with Crippen molar-refractivity contribution in [2.24, 2.45) is 5.41 Å². The summed E-state index contributed by atoms with van der Waals surface area (Å²) < 4.78 is 0. The molecule has 1 aromatic heterocycles. The minimum atomic E-state index is 0.588. The summed E-state index contributed by atoms with van der Waals surface area (Å²) in [7, 11) is 0. The van der Waals surface area contributed by atoms with Gasteiger partial charge in [0.2, 0.25) is 0 Å². The van der Waals surface area contributed by atoms with Crippen molar-refractivity contribution >= 4 is 6.29 Å². The molecule has 3 rings (SSSR count). The van der Waals surface area contributed by atoms with Crippen LogP contribution in [0.3, 0.4) is 0 Å². The van der Waals surface area contributed by atoms with Gasteiger partial charge in [0.15, 0.2) is 6.29 Å². The van der Waals surface area contributed by atoms with Gasteiger partial charge in [-0.3, -0.25) is 9.89 Å². The van der Waals surface area contributed by atoms with Crippen molar-refractivity contribution in [2.45, 2.75) is 57.8 Å². The van der Waals surface area contributed by atoms with Gasteiger partial charge >= 0.3 is 0 Å². The average Bonchev–Trinajstić information content (AvgIpc) is 2.68. The van der Waals surface area contributed by atoms with E-state index in [1.165, 1.54) is 50.6 Å². The zero-order chi connectivity index (χ0) is 11.9. The van der Waals surface area contributed by atoms with E-state index in [1.54, 1.807) is 0 Å². The molecule has 92 valence electrons. The molecule has 2 fully saturated rings. The normalized spacial score (nSPS) is 23.6. The van der Waals surface area contributed by atoms with E-state index in [1.807, 2.05) is 6.92 Å². The Morgan fingerprint density at radius 3 is 2.59 bits per heavy atom. The maximum Gasteiger partial charge on any atom is 0.170 e. The fourth-order valence-electron chi connectivity index (χ4n) is 3.84. The minimum absolute atomic E-state index is 0.588. The Morgan fingerprint density at radius 1 is 1.29 bits per heavy atom. The van der Waals surface area contributed by atoms with E-state index in [0.717, 1.165) is 11.8 Å². The van der Waals surface area contributed by atoms with Crippen molar-refractivity contribution in [3.8, 4) is 0 Å². The fourth-order valence-corrected chi connectivity index (χ4v) is 3.84. The zero-order valence-corrected chi connectivity index (χ0v) is 10.5. The lowest BCUT2D eigenvalue weighted by molar-refractivity contribution is 0.0504. The third-order valence-electron chi connectivity index (χ3n) is 4.88. The molecule has 0 radical (unpaired) electrons. The quantitative estimate of drug-likeness (QED) is 0.795. The lowest BCUT2D eigenvalue weighted by atomic mass is 9.55. The molecule has 0 amide bonds. The monoisotopic (exact) mass is 232 g/mol. The highest BCUT2D eigenvalue weighted by atomic mass is 16.1. The van der Waals surface area contributed by atoms with Crippen molar-refractivity contribution in [1.29, 1.82) is 0 Å². The first-order valence-electron chi connectivity index (χ1n) is 6.74.